The van der Waals surface area contributed by atoms with Crippen LogP contribution >= 0.6 is 0 Å². The summed E-state index contributed by atoms with van der Waals surface area (Å²) in [4.78, 5) is 29.5. The van der Waals surface area contributed by atoms with Crippen molar-refractivity contribution in [2.24, 2.45) is 11.8 Å². The highest BCUT2D eigenvalue weighted by molar-refractivity contribution is 5.94. The van der Waals surface area contributed by atoms with E-state index >= 15 is 0 Å². The lowest BCUT2D eigenvalue weighted by atomic mass is 10.0. The Hall–Kier alpha value is -2.89. The molecule has 0 spiro atoms. The number of carbonyl (C=O) groups excluding carboxylic acids is 2. The van der Waals surface area contributed by atoms with Gasteiger partial charge in [0.05, 0.1) is 0 Å². The minimum atomic E-state index is -0.371. The van der Waals surface area contributed by atoms with E-state index < -0.39 is 0 Å². The van der Waals surface area contributed by atoms with Crippen molar-refractivity contribution in [3.05, 3.63) is 59.4 Å². The number of hydrogen-bond donors (Lipinski definition) is 1. The van der Waals surface area contributed by atoms with Crippen molar-refractivity contribution in [1.82, 2.24) is 4.90 Å². The average Bonchev–Trinajstić information content (AvgIpc) is 2.70. The standard InChI is InChI=1S/C26H36FN3O2/c1-17(2)14-25(31)28-23-12-13-24(29(6)7)21(15-23)16-30(19(5)18(3)4)26(32)20-8-10-22(27)11-9-20/h8-13,15,17-19H,14,16H2,1-7H3,(H,28,31)/t19-/m1/s1. The van der Waals surface area contributed by atoms with E-state index in [1.807, 2.05) is 62.9 Å². The molecule has 0 unspecified atom stereocenters. The first kappa shape index (κ1) is 25.4. The van der Waals surface area contributed by atoms with Crippen LogP contribution in [0.1, 0.15) is 57.0 Å². The van der Waals surface area contributed by atoms with Crippen LogP contribution in [0.4, 0.5) is 15.8 Å². The summed E-state index contributed by atoms with van der Waals surface area (Å²) in [6.07, 6.45) is 0.449. The van der Waals surface area contributed by atoms with E-state index in [-0.39, 0.29) is 35.5 Å². The summed E-state index contributed by atoms with van der Waals surface area (Å²) in [5.41, 5.74) is 3.06. The first-order chi connectivity index (χ1) is 15.0. The fourth-order valence-electron chi connectivity index (χ4n) is 3.51. The highest BCUT2D eigenvalue weighted by Crippen LogP contribution is 2.27. The number of nitrogens with one attached hydrogen (secondary N) is 1. The van der Waals surface area contributed by atoms with Crippen LogP contribution < -0.4 is 10.2 Å². The van der Waals surface area contributed by atoms with E-state index in [1.165, 1.54) is 24.3 Å². The predicted octanol–water partition coefficient (Wildman–Crippen LogP) is 5.56. The molecule has 0 saturated carbocycles. The fourth-order valence-corrected chi connectivity index (χ4v) is 3.51. The van der Waals surface area contributed by atoms with Gasteiger partial charge in [-0.25, -0.2) is 4.39 Å². The van der Waals surface area contributed by atoms with Crippen LogP contribution in [0.25, 0.3) is 0 Å². The Labute approximate surface area is 191 Å². The van der Waals surface area contributed by atoms with Crippen LogP contribution in [0.15, 0.2) is 42.5 Å². The maximum Gasteiger partial charge on any atom is 0.254 e. The molecule has 2 aromatic carbocycles. The summed E-state index contributed by atoms with van der Waals surface area (Å²) in [7, 11) is 3.90. The van der Waals surface area contributed by atoms with Gasteiger partial charge in [0.25, 0.3) is 5.91 Å². The Kier molecular flexibility index (Phi) is 8.81. The number of benzene rings is 2. The number of hydrogen-bond acceptors (Lipinski definition) is 3. The van der Waals surface area contributed by atoms with Gasteiger partial charge in [-0.2, -0.15) is 0 Å². The summed E-state index contributed by atoms with van der Waals surface area (Å²) >= 11 is 0. The van der Waals surface area contributed by atoms with Gasteiger partial charge in [0.2, 0.25) is 5.91 Å². The van der Waals surface area contributed by atoms with Gasteiger partial charge in [0.15, 0.2) is 0 Å². The molecule has 0 aliphatic carbocycles. The normalized spacial score (nSPS) is 12.1. The molecule has 0 radical (unpaired) electrons. The van der Waals surface area contributed by atoms with Crippen LogP contribution in [0.2, 0.25) is 0 Å². The number of carbonyl (C=O) groups is 2. The Bertz CT molecular complexity index is 923. The lowest BCUT2D eigenvalue weighted by Crippen LogP contribution is -2.41. The van der Waals surface area contributed by atoms with Gasteiger partial charge in [0.1, 0.15) is 5.82 Å². The molecule has 5 nitrogen and oxygen atoms in total. The SMILES string of the molecule is CC(C)CC(=O)Nc1ccc(N(C)C)c(CN(C(=O)c2ccc(F)cc2)[C@H](C)C(C)C)c1. The molecule has 0 aliphatic rings. The molecule has 0 fully saturated rings. The summed E-state index contributed by atoms with van der Waals surface area (Å²) in [6.45, 7) is 10.6. The second-order valence-corrected chi connectivity index (χ2v) is 9.31. The van der Waals surface area contributed by atoms with Crippen molar-refractivity contribution >= 4 is 23.2 Å². The fraction of sp³-hybridized carbons (Fsp3) is 0.462. The van der Waals surface area contributed by atoms with Crippen LogP contribution in [0, 0.1) is 17.7 Å². The summed E-state index contributed by atoms with van der Waals surface area (Å²) in [5, 5.41) is 2.97. The molecule has 6 heteroatoms. The molecular weight excluding hydrogens is 405 g/mol. The maximum atomic E-state index is 13.4. The van der Waals surface area contributed by atoms with Crippen molar-refractivity contribution in [1.29, 1.82) is 0 Å². The predicted molar refractivity (Wildman–Crippen MR) is 129 cm³/mol. The van der Waals surface area contributed by atoms with Crippen LogP contribution in [0.5, 0.6) is 0 Å². The van der Waals surface area contributed by atoms with Crippen molar-refractivity contribution in [2.75, 3.05) is 24.3 Å². The Morgan fingerprint density at radius 3 is 2.12 bits per heavy atom. The third-order valence-electron chi connectivity index (χ3n) is 5.59. The lowest BCUT2D eigenvalue weighted by molar-refractivity contribution is -0.116. The summed E-state index contributed by atoms with van der Waals surface area (Å²) in [6, 6.07) is 11.4. The van der Waals surface area contributed by atoms with Crippen LogP contribution in [-0.4, -0.2) is 36.9 Å². The van der Waals surface area contributed by atoms with Gasteiger partial charge in [-0.1, -0.05) is 27.7 Å². The van der Waals surface area contributed by atoms with Gasteiger partial charge in [-0.3, -0.25) is 9.59 Å². The molecule has 2 aromatic rings. The molecule has 32 heavy (non-hydrogen) atoms. The monoisotopic (exact) mass is 441 g/mol. The number of anilines is 2. The van der Waals surface area contributed by atoms with E-state index in [4.69, 9.17) is 0 Å². The molecule has 0 bridgehead atoms. The smallest absolute Gasteiger partial charge is 0.254 e. The average molecular weight is 442 g/mol. The Balaban J connectivity index is 2.41. The number of halogens is 1. The second kappa shape index (κ2) is 11.1. The van der Waals surface area contributed by atoms with Crippen molar-refractivity contribution < 1.29 is 14.0 Å². The maximum absolute atomic E-state index is 13.4. The van der Waals surface area contributed by atoms with Crippen LogP contribution in [-0.2, 0) is 11.3 Å². The highest BCUT2D eigenvalue weighted by atomic mass is 19.1. The molecule has 174 valence electrons. The van der Waals surface area contributed by atoms with E-state index in [2.05, 4.69) is 19.2 Å². The van der Waals surface area contributed by atoms with E-state index in [1.54, 1.807) is 0 Å². The van der Waals surface area contributed by atoms with Gasteiger partial charge < -0.3 is 15.1 Å². The Morgan fingerprint density at radius 2 is 1.59 bits per heavy atom. The highest BCUT2D eigenvalue weighted by Gasteiger charge is 2.25. The summed E-state index contributed by atoms with van der Waals surface area (Å²) < 4.78 is 13.4. The van der Waals surface area contributed by atoms with E-state index in [9.17, 15) is 14.0 Å². The molecule has 1 atom stereocenters. The molecule has 0 aliphatic heterocycles. The van der Waals surface area contributed by atoms with Crippen LogP contribution in [0.3, 0.4) is 0 Å². The van der Waals surface area contributed by atoms with Crippen molar-refractivity contribution in [3.8, 4) is 0 Å². The third kappa shape index (κ3) is 6.81. The summed E-state index contributed by atoms with van der Waals surface area (Å²) in [5.74, 6) is -0.0457. The largest absolute Gasteiger partial charge is 0.377 e. The zero-order chi connectivity index (χ0) is 24.0. The third-order valence-corrected chi connectivity index (χ3v) is 5.59. The number of nitrogens with zero attached hydrogens (tertiary/aromatic N) is 2. The second-order valence-electron chi connectivity index (χ2n) is 9.31. The molecule has 0 aromatic heterocycles. The van der Waals surface area contributed by atoms with E-state index in [0.717, 1.165) is 11.3 Å². The van der Waals surface area contributed by atoms with E-state index in [0.29, 0.717) is 24.2 Å². The zero-order valence-corrected chi connectivity index (χ0v) is 20.3. The number of rotatable bonds is 9. The topological polar surface area (TPSA) is 52.7 Å². The molecule has 0 heterocycles. The molecular formula is C26H36FN3O2. The van der Waals surface area contributed by atoms with Gasteiger partial charge >= 0.3 is 0 Å². The molecule has 2 rings (SSSR count). The number of amides is 2. The quantitative estimate of drug-likeness (QED) is 0.554. The Morgan fingerprint density at radius 1 is 0.969 bits per heavy atom. The molecule has 1 N–H and O–H groups in total. The van der Waals surface area contributed by atoms with Gasteiger partial charge in [0, 0.05) is 50.0 Å². The zero-order valence-electron chi connectivity index (χ0n) is 20.3. The first-order valence-electron chi connectivity index (χ1n) is 11.2. The first-order valence-corrected chi connectivity index (χ1v) is 11.2. The van der Waals surface area contributed by atoms with Crippen molar-refractivity contribution in [2.45, 2.75) is 53.6 Å². The lowest BCUT2D eigenvalue weighted by Gasteiger charge is -2.33. The molecule has 0 saturated heterocycles. The minimum absolute atomic E-state index is 0.0293. The van der Waals surface area contributed by atoms with Crippen molar-refractivity contribution in [3.63, 3.8) is 0 Å². The van der Waals surface area contributed by atoms with Gasteiger partial charge in [-0.15, -0.1) is 0 Å². The molecule has 2 amide bonds. The van der Waals surface area contributed by atoms with Gasteiger partial charge in [-0.05, 0) is 66.8 Å². The minimum Gasteiger partial charge on any atom is -0.377 e.